The maximum absolute atomic E-state index is 7.60. The fourth-order valence-corrected chi connectivity index (χ4v) is 2.98. The number of ether oxygens (including phenoxy) is 1. The van der Waals surface area contributed by atoms with E-state index in [1.165, 1.54) is 43.9 Å². The van der Waals surface area contributed by atoms with Crippen molar-refractivity contribution in [2.24, 2.45) is 5.92 Å². The Bertz CT molecular complexity index is 453. The van der Waals surface area contributed by atoms with Gasteiger partial charge >= 0.3 is 0 Å². The van der Waals surface area contributed by atoms with Gasteiger partial charge in [-0.25, -0.2) is 0 Å². The molecule has 1 aliphatic carbocycles. The van der Waals surface area contributed by atoms with Crippen molar-refractivity contribution in [1.29, 1.82) is 5.41 Å². The molecule has 1 fully saturated rings. The molecule has 0 unspecified atom stereocenters. The van der Waals surface area contributed by atoms with Crippen molar-refractivity contribution in [3.05, 3.63) is 29.3 Å². The van der Waals surface area contributed by atoms with Crippen LogP contribution in [0.25, 0.3) is 0 Å². The van der Waals surface area contributed by atoms with Crippen LogP contribution < -0.4 is 4.74 Å². The predicted molar refractivity (Wildman–Crippen MR) is 96.4 cm³/mol. The summed E-state index contributed by atoms with van der Waals surface area (Å²) in [6.07, 6.45) is 8.04. The normalized spacial score (nSPS) is 15.7. The Morgan fingerprint density at radius 3 is 2.32 bits per heavy atom. The maximum atomic E-state index is 7.60. The lowest BCUT2D eigenvalue weighted by Crippen LogP contribution is -2.19. The first-order chi connectivity index (χ1) is 10.5. The molecule has 0 atom stereocenters. The lowest BCUT2D eigenvalue weighted by atomic mass is 9.85. The van der Waals surface area contributed by atoms with E-state index in [0.717, 1.165) is 17.9 Å². The van der Waals surface area contributed by atoms with E-state index in [2.05, 4.69) is 26.8 Å². The minimum atomic E-state index is 0.0426. The third-order valence-corrected chi connectivity index (χ3v) is 4.20. The molecule has 1 aromatic carbocycles. The second-order valence-electron chi connectivity index (χ2n) is 6.93. The number of hydrogen-bond donors (Lipinski definition) is 1. The van der Waals surface area contributed by atoms with Gasteiger partial charge in [-0.2, -0.15) is 0 Å². The van der Waals surface area contributed by atoms with Crippen molar-refractivity contribution in [2.45, 2.75) is 72.1 Å². The number of rotatable bonds is 4. The second-order valence-corrected chi connectivity index (χ2v) is 6.93. The van der Waals surface area contributed by atoms with Crippen LogP contribution in [0.2, 0.25) is 0 Å². The van der Waals surface area contributed by atoms with Gasteiger partial charge in [0.2, 0.25) is 0 Å². The molecule has 0 amide bonds. The maximum Gasteiger partial charge on any atom is 0.131 e. The molecular formula is C20H33NO. The van der Waals surface area contributed by atoms with Crippen LogP contribution >= 0.6 is 0 Å². The molecule has 1 N–H and O–H groups in total. The first-order valence-corrected chi connectivity index (χ1v) is 8.79. The van der Waals surface area contributed by atoms with Crippen LogP contribution in [0.3, 0.4) is 0 Å². The molecule has 124 valence electrons. The molecule has 0 saturated heterocycles. The molecule has 0 aromatic heterocycles. The topological polar surface area (TPSA) is 33.1 Å². The van der Waals surface area contributed by atoms with Gasteiger partial charge in [-0.15, -0.1) is 0 Å². The lowest BCUT2D eigenvalue weighted by molar-refractivity contribution is 0.205. The first kappa shape index (κ1) is 18.7. The highest BCUT2D eigenvalue weighted by Crippen LogP contribution is 2.34. The highest BCUT2D eigenvalue weighted by atomic mass is 16.5. The average molecular weight is 303 g/mol. The van der Waals surface area contributed by atoms with E-state index in [1.807, 2.05) is 26.0 Å². The van der Waals surface area contributed by atoms with Crippen molar-refractivity contribution in [2.75, 3.05) is 6.61 Å². The summed E-state index contributed by atoms with van der Waals surface area (Å²) >= 11 is 0. The van der Waals surface area contributed by atoms with Gasteiger partial charge in [0, 0.05) is 17.3 Å². The Morgan fingerprint density at radius 2 is 1.77 bits per heavy atom. The fraction of sp³-hybridized carbons (Fsp3) is 0.650. The molecule has 0 aliphatic heterocycles. The zero-order valence-corrected chi connectivity index (χ0v) is 15.0. The van der Waals surface area contributed by atoms with Gasteiger partial charge in [-0.3, -0.25) is 0 Å². The van der Waals surface area contributed by atoms with E-state index < -0.39 is 0 Å². The van der Waals surface area contributed by atoms with Crippen LogP contribution in [0.15, 0.2) is 18.2 Å². The van der Waals surface area contributed by atoms with Gasteiger partial charge in [0.15, 0.2) is 0 Å². The Morgan fingerprint density at radius 1 is 1.14 bits per heavy atom. The van der Waals surface area contributed by atoms with E-state index in [1.54, 1.807) is 0 Å². The Hall–Kier alpha value is -1.31. The van der Waals surface area contributed by atoms with Crippen LogP contribution in [-0.4, -0.2) is 12.8 Å². The summed E-state index contributed by atoms with van der Waals surface area (Å²) in [4.78, 5) is 0. The number of para-hydroxylation sites is 1. The molecule has 1 aromatic rings. The molecule has 2 rings (SSSR count). The molecule has 22 heavy (non-hydrogen) atoms. The van der Waals surface area contributed by atoms with Crippen LogP contribution in [0, 0.1) is 11.3 Å². The summed E-state index contributed by atoms with van der Waals surface area (Å²) < 4.78 is 6.17. The van der Waals surface area contributed by atoms with E-state index >= 15 is 0 Å². The third-order valence-electron chi connectivity index (χ3n) is 4.20. The Labute approximate surface area is 136 Å². The van der Waals surface area contributed by atoms with E-state index in [4.69, 9.17) is 10.1 Å². The van der Waals surface area contributed by atoms with Crippen LogP contribution in [0.4, 0.5) is 0 Å². The quantitative estimate of drug-likeness (QED) is 0.683. The minimum Gasteiger partial charge on any atom is -0.492 e. The van der Waals surface area contributed by atoms with Crippen molar-refractivity contribution in [1.82, 2.24) is 0 Å². The van der Waals surface area contributed by atoms with Crippen LogP contribution in [0.1, 0.15) is 77.8 Å². The summed E-state index contributed by atoms with van der Waals surface area (Å²) in [7, 11) is 0. The predicted octanol–water partition coefficient (Wildman–Crippen LogP) is 5.97. The van der Waals surface area contributed by atoms with Gasteiger partial charge in [0.05, 0.1) is 6.61 Å². The average Bonchev–Trinajstić information content (AvgIpc) is 2.54. The van der Waals surface area contributed by atoms with E-state index in [9.17, 15) is 0 Å². The summed E-state index contributed by atoms with van der Waals surface area (Å²) in [5, 5.41) is 7.60. The van der Waals surface area contributed by atoms with Gasteiger partial charge < -0.3 is 10.1 Å². The summed E-state index contributed by atoms with van der Waals surface area (Å²) in [5.74, 6) is 1.61. The molecule has 0 bridgehead atoms. The second kappa shape index (κ2) is 8.97. The lowest BCUT2D eigenvalue weighted by Gasteiger charge is -2.27. The highest BCUT2D eigenvalue weighted by molar-refractivity contribution is 5.82. The number of benzene rings is 1. The smallest absolute Gasteiger partial charge is 0.131 e. The fourth-order valence-electron chi connectivity index (χ4n) is 2.98. The number of hydrogen-bond acceptors (Lipinski definition) is 2. The van der Waals surface area contributed by atoms with Gasteiger partial charge in [-0.1, -0.05) is 66.0 Å². The first-order valence-electron chi connectivity index (χ1n) is 8.79. The van der Waals surface area contributed by atoms with Crippen molar-refractivity contribution in [3.8, 4) is 5.75 Å². The van der Waals surface area contributed by atoms with Crippen LogP contribution in [-0.2, 0) is 5.41 Å². The molecule has 0 radical (unpaired) electrons. The molecule has 0 heterocycles. The zero-order chi connectivity index (χ0) is 16.6. The molecular weight excluding hydrogens is 270 g/mol. The molecule has 1 aliphatic rings. The van der Waals surface area contributed by atoms with Gasteiger partial charge in [0.1, 0.15) is 5.75 Å². The minimum absolute atomic E-state index is 0.0426. The monoisotopic (exact) mass is 303 g/mol. The van der Waals surface area contributed by atoms with Crippen molar-refractivity contribution < 1.29 is 4.74 Å². The zero-order valence-electron chi connectivity index (χ0n) is 15.0. The molecule has 0 spiro atoms. The van der Waals surface area contributed by atoms with Crippen LogP contribution in [0.5, 0.6) is 5.75 Å². The summed E-state index contributed by atoms with van der Waals surface area (Å²) in [5.41, 5.74) is 2.14. The summed E-state index contributed by atoms with van der Waals surface area (Å²) in [6.45, 7) is 11.4. The Balaban J connectivity index is 0.00000116. The van der Waals surface area contributed by atoms with Gasteiger partial charge in [0.25, 0.3) is 0 Å². The SMILES string of the molecule is CC.CC(C)(C)c1cccc(C=N)c1OCC1CCCCC1. The van der Waals surface area contributed by atoms with Crippen molar-refractivity contribution >= 4 is 6.21 Å². The molecule has 2 nitrogen and oxygen atoms in total. The standard InChI is InChI=1S/C18H27NO.C2H6/c1-18(2,3)16-11-7-10-15(12-19)17(16)20-13-14-8-5-4-6-9-14;1-2/h7,10-12,14,19H,4-6,8-9,13H2,1-3H3;1-2H3. The van der Waals surface area contributed by atoms with Crippen molar-refractivity contribution in [3.63, 3.8) is 0 Å². The largest absolute Gasteiger partial charge is 0.492 e. The van der Waals surface area contributed by atoms with E-state index in [-0.39, 0.29) is 5.41 Å². The highest BCUT2D eigenvalue weighted by Gasteiger charge is 2.22. The summed E-state index contributed by atoms with van der Waals surface area (Å²) in [6, 6.07) is 6.12. The Kier molecular flexibility index (Phi) is 7.64. The molecule has 1 saturated carbocycles. The van der Waals surface area contributed by atoms with Gasteiger partial charge in [-0.05, 0) is 30.2 Å². The number of nitrogens with one attached hydrogen (secondary N) is 1. The third kappa shape index (κ3) is 5.15. The van der Waals surface area contributed by atoms with E-state index in [0.29, 0.717) is 5.92 Å². The molecule has 2 heteroatoms.